The molecule has 1 atom stereocenters. The Balaban J connectivity index is 2.41. The zero-order chi connectivity index (χ0) is 25.3. The number of carboxylic acid groups (broad SMARTS) is 1. The average Bonchev–Trinajstić information content (AvgIpc) is 2.78. The third-order valence-corrected chi connectivity index (χ3v) is 7.23. The number of benzene rings is 1. The topological polar surface area (TPSA) is 57.5 Å². The Labute approximate surface area is 210 Å². The second-order valence-electron chi connectivity index (χ2n) is 11.0. The standard InChI is InChI=1S/C31H54O3/c1-6-7-8-9-10-11-12-13-14-15-16-17-18-19-20-26(23-30(32)33)27-21-28(24(2)3)31(34)29(22-27)25(4)5/h21-22,24-26,34H,6-20,23H2,1-5H3,(H,32,33). The van der Waals surface area contributed by atoms with Gasteiger partial charge in [0.15, 0.2) is 0 Å². The van der Waals surface area contributed by atoms with Crippen LogP contribution in [0.5, 0.6) is 5.75 Å². The van der Waals surface area contributed by atoms with Gasteiger partial charge in [0.2, 0.25) is 0 Å². The van der Waals surface area contributed by atoms with Crippen molar-refractivity contribution >= 4 is 5.97 Å². The first kappa shape index (κ1) is 30.5. The van der Waals surface area contributed by atoms with E-state index in [1.54, 1.807) is 0 Å². The van der Waals surface area contributed by atoms with Gasteiger partial charge in [-0.15, -0.1) is 0 Å². The van der Waals surface area contributed by atoms with Crippen LogP contribution in [-0.4, -0.2) is 16.2 Å². The molecular formula is C31H54O3. The van der Waals surface area contributed by atoms with Crippen LogP contribution in [-0.2, 0) is 4.79 Å². The lowest BCUT2D eigenvalue weighted by atomic mass is 9.84. The van der Waals surface area contributed by atoms with Crippen molar-refractivity contribution < 1.29 is 15.0 Å². The lowest BCUT2D eigenvalue weighted by molar-refractivity contribution is -0.137. The maximum Gasteiger partial charge on any atom is 0.303 e. The molecular weight excluding hydrogens is 420 g/mol. The molecule has 0 fully saturated rings. The van der Waals surface area contributed by atoms with E-state index in [0.717, 1.165) is 29.5 Å². The fourth-order valence-electron chi connectivity index (χ4n) is 5.00. The molecule has 0 spiro atoms. The van der Waals surface area contributed by atoms with E-state index in [2.05, 4.69) is 46.8 Å². The minimum Gasteiger partial charge on any atom is -0.507 e. The SMILES string of the molecule is CCCCCCCCCCCCCCCCC(CC(=O)O)c1cc(C(C)C)c(O)c(C(C)C)c1. The van der Waals surface area contributed by atoms with Gasteiger partial charge in [0, 0.05) is 0 Å². The van der Waals surface area contributed by atoms with Crippen molar-refractivity contribution in [3.05, 3.63) is 28.8 Å². The summed E-state index contributed by atoms with van der Waals surface area (Å²) in [5.41, 5.74) is 2.97. The molecule has 0 heterocycles. The Morgan fingerprint density at radius 1 is 0.706 bits per heavy atom. The van der Waals surface area contributed by atoms with Crippen LogP contribution in [0.4, 0.5) is 0 Å². The molecule has 196 valence electrons. The number of unbranched alkanes of at least 4 members (excludes halogenated alkanes) is 13. The Morgan fingerprint density at radius 3 is 1.44 bits per heavy atom. The smallest absolute Gasteiger partial charge is 0.303 e. The maximum atomic E-state index is 11.6. The monoisotopic (exact) mass is 474 g/mol. The fourth-order valence-corrected chi connectivity index (χ4v) is 5.00. The van der Waals surface area contributed by atoms with Crippen LogP contribution in [0.3, 0.4) is 0 Å². The van der Waals surface area contributed by atoms with Crippen LogP contribution in [0.25, 0.3) is 0 Å². The quantitative estimate of drug-likeness (QED) is 0.185. The van der Waals surface area contributed by atoms with Gasteiger partial charge in [-0.05, 0) is 40.9 Å². The summed E-state index contributed by atoms with van der Waals surface area (Å²) in [6.07, 6.45) is 19.7. The minimum absolute atomic E-state index is 0.0189. The molecule has 3 nitrogen and oxygen atoms in total. The lowest BCUT2D eigenvalue weighted by Gasteiger charge is -2.22. The number of aliphatic carboxylic acids is 1. The summed E-state index contributed by atoms with van der Waals surface area (Å²) in [7, 11) is 0. The molecule has 34 heavy (non-hydrogen) atoms. The van der Waals surface area contributed by atoms with E-state index in [0.29, 0.717) is 5.75 Å². The van der Waals surface area contributed by atoms with Gasteiger partial charge in [-0.25, -0.2) is 0 Å². The van der Waals surface area contributed by atoms with Crippen molar-refractivity contribution in [3.8, 4) is 5.75 Å². The number of phenols is 1. The number of rotatable bonds is 20. The van der Waals surface area contributed by atoms with Crippen molar-refractivity contribution in [1.82, 2.24) is 0 Å². The Morgan fingerprint density at radius 2 is 1.09 bits per heavy atom. The molecule has 0 saturated carbocycles. The fraction of sp³-hybridized carbons (Fsp3) is 0.774. The second-order valence-corrected chi connectivity index (χ2v) is 11.0. The van der Waals surface area contributed by atoms with Crippen LogP contribution in [0.1, 0.15) is 172 Å². The highest BCUT2D eigenvalue weighted by atomic mass is 16.4. The summed E-state index contributed by atoms with van der Waals surface area (Å²) in [6.45, 7) is 10.6. The first-order valence-electron chi connectivity index (χ1n) is 14.4. The van der Waals surface area contributed by atoms with Gasteiger partial charge < -0.3 is 10.2 Å². The largest absolute Gasteiger partial charge is 0.507 e. The molecule has 1 aromatic rings. The van der Waals surface area contributed by atoms with Crippen molar-refractivity contribution in [2.45, 2.75) is 155 Å². The molecule has 0 saturated heterocycles. The number of phenolic OH excluding ortho intramolecular Hbond substituents is 1. The highest BCUT2D eigenvalue weighted by Gasteiger charge is 2.21. The number of carbonyl (C=O) groups is 1. The summed E-state index contributed by atoms with van der Waals surface area (Å²) in [6, 6.07) is 4.12. The van der Waals surface area contributed by atoms with Gasteiger partial charge in [0.05, 0.1) is 6.42 Å². The van der Waals surface area contributed by atoms with Crippen LogP contribution >= 0.6 is 0 Å². The van der Waals surface area contributed by atoms with Gasteiger partial charge in [0.1, 0.15) is 5.75 Å². The van der Waals surface area contributed by atoms with Crippen molar-refractivity contribution in [1.29, 1.82) is 0 Å². The van der Waals surface area contributed by atoms with Gasteiger partial charge in [0.25, 0.3) is 0 Å². The summed E-state index contributed by atoms with van der Waals surface area (Å²) in [5.74, 6) is 0.0957. The number of aromatic hydroxyl groups is 1. The molecule has 0 radical (unpaired) electrons. The summed E-state index contributed by atoms with van der Waals surface area (Å²) in [5, 5.41) is 20.2. The van der Waals surface area contributed by atoms with Crippen molar-refractivity contribution in [3.63, 3.8) is 0 Å². The molecule has 0 aliphatic heterocycles. The molecule has 2 N–H and O–H groups in total. The molecule has 0 aromatic heterocycles. The van der Waals surface area contributed by atoms with Gasteiger partial charge in [-0.2, -0.15) is 0 Å². The third-order valence-electron chi connectivity index (χ3n) is 7.23. The van der Waals surface area contributed by atoms with E-state index in [-0.39, 0.29) is 24.2 Å². The van der Waals surface area contributed by atoms with E-state index in [4.69, 9.17) is 0 Å². The minimum atomic E-state index is -0.736. The second kappa shape index (κ2) is 17.9. The molecule has 1 rings (SSSR count). The molecule has 3 heteroatoms. The first-order chi connectivity index (χ1) is 16.3. The van der Waals surface area contributed by atoms with Crippen LogP contribution in [0, 0.1) is 0 Å². The molecule has 1 aromatic carbocycles. The van der Waals surface area contributed by atoms with Gasteiger partial charge in [-0.1, -0.05) is 137 Å². The number of hydrogen-bond donors (Lipinski definition) is 2. The predicted molar refractivity (Wildman–Crippen MR) is 146 cm³/mol. The highest BCUT2D eigenvalue weighted by Crippen LogP contribution is 2.38. The van der Waals surface area contributed by atoms with E-state index < -0.39 is 5.97 Å². The third kappa shape index (κ3) is 12.3. The number of hydrogen-bond acceptors (Lipinski definition) is 2. The molecule has 1 unspecified atom stereocenters. The van der Waals surface area contributed by atoms with E-state index >= 15 is 0 Å². The van der Waals surface area contributed by atoms with Crippen molar-refractivity contribution in [2.24, 2.45) is 0 Å². The molecule has 0 aliphatic carbocycles. The Kier molecular flexibility index (Phi) is 16.0. The van der Waals surface area contributed by atoms with E-state index in [9.17, 15) is 15.0 Å². The van der Waals surface area contributed by atoms with Crippen molar-refractivity contribution in [2.75, 3.05) is 0 Å². The summed E-state index contributed by atoms with van der Waals surface area (Å²) < 4.78 is 0. The van der Waals surface area contributed by atoms with Crippen LogP contribution < -0.4 is 0 Å². The van der Waals surface area contributed by atoms with Gasteiger partial charge in [-0.3, -0.25) is 4.79 Å². The predicted octanol–water partition coefficient (Wildman–Crippen LogP) is 10.1. The Hall–Kier alpha value is -1.51. The Bertz CT molecular complexity index is 648. The zero-order valence-corrected chi connectivity index (χ0v) is 23.0. The normalized spacial score (nSPS) is 12.6. The van der Waals surface area contributed by atoms with Gasteiger partial charge >= 0.3 is 5.97 Å². The van der Waals surface area contributed by atoms with Crippen LogP contribution in [0.15, 0.2) is 12.1 Å². The average molecular weight is 475 g/mol. The number of carboxylic acids is 1. The molecule has 0 bridgehead atoms. The van der Waals surface area contributed by atoms with E-state index in [1.165, 1.54) is 83.5 Å². The zero-order valence-electron chi connectivity index (χ0n) is 23.0. The lowest BCUT2D eigenvalue weighted by Crippen LogP contribution is -2.09. The van der Waals surface area contributed by atoms with E-state index in [1.807, 2.05) is 0 Å². The summed E-state index contributed by atoms with van der Waals surface area (Å²) in [4.78, 5) is 11.6. The first-order valence-corrected chi connectivity index (χ1v) is 14.4. The highest BCUT2D eigenvalue weighted by molar-refractivity contribution is 5.68. The maximum absolute atomic E-state index is 11.6. The molecule has 0 amide bonds. The van der Waals surface area contributed by atoms with Crippen LogP contribution in [0.2, 0.25) is 0 Å². The summed E-state index contributed by atoms with van der Waals surface area (Å²) >= 11 is 0. The molecule has 0 aliphatic rings.